The molecule has 1 aromatic carbocycles. The lowest BCUT2D eigenvalue weighted by Gasteiger charge is -2.26. The molecule has 0 unspecified atom stereocenters. The SMILES string of the molecule is C=Cc1c(-c2nc(Nc3ccc(N(CC)CCN(C)C)c(N)c3)nc3[nH]ccc23)cn(C)c1/C=C\C. The van der Waals surface area contributed by atoms with Crippen molar-refractivity contribution in [3.8, 4) is 11.3 Å². The zero-order valence-electron chi connectivity index (χ0n) is 21.8. The second kappa shape index (κ2) is 10.7. The fraction of sp³-hybridized carbons (Fsp3) is 0.286. The van der Waals surface area contributed by atoms with Gasteiger partial charge in [-0.05, 0) is 58.3 Å². The first-order valence-corrected chi connectivity index (χ1v) is 12.2. The zero-order chi connectivity index (χ0) is 25.8. The number of anilines is 4. The Morgan fingerprint density at radius 2 is 2.00 bits per heavy atom. The van der Waals surface area contributed by atoms with Crippen LogP contribution in [0.4, 0.5) is 23.0 Å². The molecule has 3 aromatic heterocycles. The summed E-state index contributed by atoms with van der Waals surface area (Å²) in [6.07, 6.45) is 9.96. The van der Waals surface area contributed by atoms with Gasteiger partial charge in [0.15, 0.2) is 0 Å². The predicted molar refractivity (Wildman–Crippen MR) is 154 cm³/mol. The Morgan fingerprint density at radius 3 is 2.67 bits per heavy atom. The van der Waals surface area contributed by atoms with Gasteiger partial charge in [0.1, 0.15) is 5.65 Å². The first-order chi connectivity index (χ1) is 17.4. The topological polar surface area (TPSA) is 91.0 Å². The van der Waals surface area contributed by atoms with Crippen molar-refractivity contribution in [2.75, 3.05) is 49.7 Å². The lowest BCUT2D eigenvalue weighted by molar-refractivity contribution is 0.414. The standard InChI is InChI=1S/C28H36N8/c1-7-10-24-20(8-2)22(18-35(24)6)26-21-13-14-30-27(21)33-28(32-26)31-19-11-12-25(23(29)17-19)36(9-3)16-15-34(4)5/h7-8,10-14,17-18H,2,9,15-16,29H2,1,3-6H3,(H2,30,31,32,33)/b10-7-. The number of aromatic nitrogens is 4. The van der Waals surface area contributed by atoms with Gasteiger partial charge in [0.25, 0.3) is 0 Å². The van der Waals surface area contributed by atoms with E-state index in [1.54, 1.807) is 0 Å². The number of allylic oxidation sites excluding steroid dienone is 1. The van der Waals surface area contributed by atoms with Crippen LogP contribution in [0.3, 0.4) is 0 Å². The van der Waals surface area contributed by atoms with Crippen LogP contribution in [0.5, 0.6) is 0 Å². The molecule has 0 saturated heterocycles. The van der Waals surface area contributed by atoms with Crippen LogP contribution in [0.25, 0.3) is 34.4 Å². The van der Waals surface area contributed by atoms with E-state index in [0.29, 0.717) is 5.95 Å². The predicted octanol–water partition coefficient (Wildman–Crippen LogP) is 5.35. The number of nitrogens with one attached hydrogen (secondary N) is 2. The van der Waals surface area contributed by atoms with Crippen LogP contribution < -0.4 is 16.0 Å². The minimum atomic E-state index is 0.499. The van der Waals surface area contributed by atoms with Gasteiger partial charge in [-0.25, -0.2) is 4.98 Å². The van der Waals surface area contributed by atoms with Crippen molar-refractivity contribution in [2.45, 2.75) is 13.8 Å². The Labute approximate surface area is 213 Å². The summed E-state index contributed by atoms with van der Waals surface area (Å²) in [4.78, 5) is 17.3. The molecule has 4 aromatic rings. The van der Waals surface area contributed by atoms with E-state index in [2.05, 4.69) is 70.6 Å². The number of likely N-dealkylation sites (N-methyl/N-ethyl adjacent to an activating group) is 2. The maximum atomic E-state index is 6.48. The first kappa shape index (κ1) is 25.1. The Morgan fingerprint density at radius 1 is 1.19 bits per heavy atom. The molecule has 0 saturated carbocycles. The van der Waals surface area contributed by atoms with E-state index in [0.717, 1.165) is 70.2 Å². The van der Waals surface area contributed by atoms with E-state index in [1.807, 2.05) is 50.5 Å². The number of benzene rings is 1. The van der Waals surface area contributed by atoms with Crippen LogP contribution in [-0.2, 0) is 7.05 Å². The van der Waals surface area contributed by atoms with E-state index >= 15 is 0 Å². The summed E-state index contributed by atoms with van der Waals surface area (Å²) in [5.74, 6) is 0.499. The molecule has 0 radical (unpaired) electrons. The summed E-state index contributed by atoms with van der Waals surface area (Å²) < 4.78 is 2.09. The average Bonchev–Trinajstić information content (AvgIpc) is 3.44. The highest BCUT2D eigenvalue weighted by atomic mass is 15.2. The molecule has 0 aliphatic rings. The molecule has 188 valence electrons. The number of aryl methyl sites for hydroxylation is 1. The summed E-state index contributed by atoms with van der Waals surface area (Å²) in [6.45, 7) is 11.0. The van der Waals surface area contributed by atoms with Crippen molar-refractivity contribution in [3.05, 3.63) is 60.6 Å². The smallest absolute Gasteiger partial charge is 0.229 e. The molecule has 0 spiro atoms. The minimum Gasteiger partial charge on any atom is -0.397 e. The van der Waals surface area contributed by atoms with Crippen molar-refractivity contribution in [2.24, 2.45) is 7.05 Å². The third kappa shape index (κ3) is 4.99. The molecule has 4 N–H and O–H groups in total. The van der Waals surface area contributed by atoms with Gasteiger partial charge in [-0.2, -0.15) is 4.98 Å². The second-order valence-electron chi connectivity index (χ2n) is 9.07. The van der Waals surface area contributed by atoms with E-state index in [4.69, 9.17) is 15.7 Å². The number of fused-ring (bicyclic) bond motifs is 1. The highest BCUT2D eigenvalue weighted by Crippen LogP contribution is 2.34. The molecule has 36 heavy (non-hydrogen) atoms. The summed E-state index contributed by atoms with van der Waals surface area (Å²) in [5, 5.41) is 4.31. The monoisotopic (exact) mass is 484 g/mol. The summed E-state index contributed by atoms with van der Waals surface area (Å²) in [7, 11) is 6.19. The van der Waals surface area contributed by atoms with E-state index in [9.17, 15) is 0 Å². The molecule has 0 atom stereocenters. The number of hydrogen-bond acceptors (Lipinski definition) is 6. The normalized spacial score (nSPS) is 11.6. The second-order valence-corrected chi connectivity index (χ2v) is 9.07. The van der Waals surface area contributed by atoms with Gasteiger partial charge in [0.2, 0.25) is 5.95 Å². The molecular formula is C28H36N8. The Kier molecular flexibility index (Phi) is 7.45. The van der Waals surface area contributed by atoms with Crippen molar-refractivity contribution in [1.82, 2.24) is 24.4 Å². The van der Waals surface area contributed by atoms with E-state index < -0.39 is 0 Å². The number of nitrogen functional groups attached to an aromatic ring is 1. The van der Waals surface area contributed by atoms with Crippen LogP contribution in [-0.4, -0.2) is 58.1 Å². The lowest BCUT2D eigenvalue weighted by Crippen LogP contribution is -2.32. The van der Waals surface area contributed by atoms with Crippen molar-refractivity contribution >= 4 is 46.2 Å². The molecule has 0 amide bonds. The summed E-state index contributed by atoms with van der Waals surface area (Å²) >= 11 is 0. The molecule has 8 nitrogen and oxygen atoms in total. The molecule has 0 aliphatic heterocycles. The number of nitrogens with two attached hydrogens (primary N) is 1. The lowest BCUT2D eigenvalue weighted by atomic mass is 10.1. The van der Waals surface area contributed by atoms with E-state index in [-0.39, 0.29) is 0 Å². The van der Waals surface area contributed by atoms with E-state index in [1.165, 1.54) is 0 Å². The molecule has 0 bridgehead atoms. The van der Waals surface area contributed by atoms with Crippen molar-refractivity contribution in [3.63, 3.8) is 0 Å². The number of H-pyrrole nitrogens is 1. The number of rotatable bonds is 10. The van der Waals surface area contributed by atoms with Crippen LogP contribution in [0, 0.1) is 0 Å². The summed E-state index contributed by atoms with van der Waals surface area (Å²) in [5.41, 5.74) is 13.8. The number of nitrogens with zero attached hydrogens (tertiary/aromatic N) is 5. The maximum Gasteiger partial charge on any atom is 0.229 e. The largest absolute Gasteiger partial charge is 0.397 e. The average molecular weight is 485 g/mol. The Hall–Kier alpha value is -4.04. The molecular weight excluding hydrogens is 448 g/mol. The third-order valence-electron chi connectivity index (χ3n) is 6.29. The molecule has 8 heteroatoms. The van der Waals surface area contributed by atoms with Crippen LogP contribution in [0.15, 0.2) is 49.3 Å². The van der Waals surface area contributed by atoms with Gasteiger partial charge in [-0.3, -0.25) is 0 Å². The highest BCUT2D eigenvalue weighted by molar-refractivity contribution is 5.95. The van der Waals surface area contributed by atoms with Gasteiger partial charge in [0, 0.05) is 67.0 Å². The maximum absolute atomic E-state index is 6.48. The van der Waals surface area contributed by atoms with Gasteiger partial charge >= 0.3 is 0 Å². The van der Waals surface area contributed by atoms with Crippen LogP contribution in [0.2, 0.25) is 0 Å². The fourth-order valence-corrected chi connectivity index (χ4v) is 4.45. The number of aromatic amines is 1. The van der Waals surface area contributed by atoms with Crippen molar-refractivity contribution < 1.29 is 0 Å². The molecule has 3 heterocycles. The van der Waals surface area contributed by atoms with Gasteiger partial charge in [-0.1, -0.05) is 18.7 Å². The Bertz CT molecular complexity index is 1390. The zero-order valence-corrected chi connectivity index (χ0v) is 21.8. The van der Waals surface area contributed by atoms with Crippen LogP contribution in [0.1, 0.15) is 25.1 Å². The van der Waals surface area contributed by atoms with Crippen molar-refractivity contribution in [1.29, 1.82) is 0 Å². The molecule has 0 fully saturated rings. The Balaban J connectivity index is 1.70. The fourth-order valence-electron chi connectivity index (χ4n) is 4.45. The van der Waals surface area contributed by atoms with Gasteiger partial charge < -0.3 is 30.4 Å². The van der Waals surface area contributed by atoms with Crippen LogP contribution >= 0.6 is 0 Å². The number of hydrogen-bond donors (Lipinski definition) is 3. The third-order valence-corrected chi connectivity index (χ3v) is 6.29. The van der Waals surface area contributed by atoms with Gasteiger partial charge in [0.05, 0.1) is 17.1 Å². The van der Waals surface area contributed by atoms with Gasteiger partial charge in [-0.15, -0.1) is 0 Å². The molecule has 0 aliphatic carbocycles. The first-order valence-electron chi connectivity index (χ1n) is 12.2. The minimum absolute atomic E-state index is 0.499. The highest BCUT2D eigenvalue weighted by Gasteiger charge is 2.18. The summed E-state index contributed by atoms with van der Waals surface area (Å²) in [6, 6.07) is 8.02. The quantitative estimate of drug-likeness (QED) is 0.263. The molecule has 4 rings (SSSR count).